The van der Waals surface area contributed by atoms with Gasteiger partial charge in [-0.05, 0) is 51.4 Å². The molecular formula is C13H23N3. The van der Waals surface area contributed by atoms with Crippen molar-refractivity contribution in [2.24, 2.45) is 5.73 Å². The van der Waals surface area contributed by atoms with Crippen molar-refractivity contribution in [3.8, 4) is 0 Å². The predicted octanol–water partition coefficient (Wildman–Crippen LogP) is 1.68. The number of aromatic nitrogens is 1. The Balaban J connectivity index is 2.38. The van der Waals surface area contributed by atoms with E-state index in [2.05, 4.69) is 29.8 Å². The molecule has 2 N–H and O–H groups in total. The highest BCUT2D eigenvalue weighted by molar-refractivity contribution is 5.08. The highest BCUT2D eigenvalue weighted by atomic mass is 15.1. The van der Waals surface area contributed by atoms with Crippen LogP contribution in [0.25, 0.3) is 0 Å². The Hall–Kier alpha value is -0.930. The molecule has 0 saturated heterocycles. The third-order valence-electron chi connectivity index (χ3n) is 2.79. The molecule has 0 saturated carbocycles. The Morgan fingerprint density at radius 1 is 1.38 bits per heavy atom. The Labute approximate surface area is 98.7 Å². The van der Waals surface area contributed by atoms with E-state index in [4.69, 9.17) is 5.73 Å². The summed E-state index contributed by atoms with van der Waals surface area (Å²) in [6.45, 7) is 7.42. The third-order valence-corrected chi connectivity index (χ3v) is 2.79. The number of hydrogen-bond donors (Lipinski definition) is 1. The van der Waals surface area contributed by atoms with Crippen LogP contribution >= 0.6 is 0 Å². The number of nitrogens with zero attached hydrogens (tertiary/aromatic N) is 2. The van der Waals surface area contributed by atoms with Gasteiger partial charge in [0, 0.05) is 25.0 Å². The number of rotatable bonds is 7. The van der Waals surface area contributed by atoms with Crippen LogP contribution in [0.1, 0.15) is 25.8 Å². The standard InChI is InChI=1S/C13H23N3/c1-12(2)16(9-4-7-14)10-6-13-5-3-8-15-11-13/h3,5,8,11-12H,4,6-7,9-10,14H2,1-2H3. The zero-order valence-corrected chi connectivity index (χ0v) is 10.4. The molecule has 0 amide bonds. The van der Waals surface area contributed by atoms with Gasteiger partial charge in [-0.3, -0.25) is 4.98 Å². The SMILES string of the molecule is CC(C)N(CCCN)CCc1cccnc1. The van der Waals surface area contributed by atoms with Gasteiger partial charge in [-0.25, -0.2) is 0 Å². The molecule has 1 aromatic heterocycles. The lowest BCUT2D eigenvalue weighted by Gasteiger charge is -2.26. The fourth-order valence-corrected chi connectivity index (χ4v) is 1.74. The molecule has 0 unspecified atom stereocenters. The second-order valence-electron chi connectivity index (χ2n) is 4.38. The molecule has 0 aliphatic carbocycles. The molecule has 0 spiro atoms. The zero-order chi connectivity index (χ0) is 11.8. The number of hydrogen-bond acceptors (Lipinski definition) is 3. The van der Waals surface area contributed by atoms with Gasteiger partial charge in [0.05, 0.1) is 0 Å². The summed E-state index contributed by atoms with van der Waals surface area (Å²) < 4.78 is 0. The Morgan fingerprint density at radius 2 is 2.19 bits per heavy atom. The number of pyridine rings is 1. The van der Waals surface area contributed by atoms with Crippen LogP contribution in [-0.2, 0) is 6.42 Å². The van der Waals surface area contributed by atoms with E-state index in [-0.39, 0.29) is 0 Å². The smallest absolute Gasteiger partial charge is 0.0300 e. The molecule has 1 aromatic rings. The first-order valence-electron chi connectivity index (χ1n) is 6.07. The van der Waals surface area contributed by atoms with E-state index in [0.29, 0.717) is 6.04 Å². The van der Waals surface area contributed by atoms with Gasteiger partial charge in [-0.1, -0.05) is 6.07 Å². The lowest BCUT2D eigenvalue weighted by atomic mass is 10.2. The first-order chi connectivity index (χ1) is 7.74. The van der Waals surface area contributed by atoms with Crippen molar-refractivity contribution in [2.75, 3.05) is 19.6 Å². The largest absolute Gasteiger partial charge is 0.330 e. The van der Waals surface area contributed by atoms with E-state index in [1.165, 1.54) is 5.56 Å². The van der Waals surface area contributed by atoms with Crippen molar-refractivity contribution in [1.29, 1.82) is 0 Å². The summed E-state index contributed by atoms with van der Waals surface area (Å²) in [6, 6.07) is 4.71. The van der Waals surface area contributed by atoms with Gasteiger partial charge < -0.3 is 10.6 Å². The van der Waals surface area contributed by atoms with E-state index in [1.807, 2.05) is 18.5 Å². The van der Waals surface area contributed by atoms with Crippen LogP contribution in [0.5, 0.6) is 0 Å². The molecule has 0 fully saturated rings. The Morgan fingerprint density at radius 3 is 2.75 bits per heavy atom. The highest BCUT2D eigenvalue weighted by Crippen LogP contribution is 2.04. The molecule has 0 bridgehead atoms. The van der Waals surface area contributed by atoms with Crippen LogP contribution in [0.3, 0.4) is 0 Å². The molecule has 0 radical (unpaired) electrons. The van der Waals surface area contributed by atoms with Crippen molar-refractivity contribution in [3.05, 3.63) is 30.1 Å². The van der Waals surface area contributed by atoms with Crippen LogP contribution in [0, 0.1) is 0 Å². The molecule has 3 nitrogen and oxygen atoms in total. The average molecular weight is 221 g/mol. The molecule has 1 rings (SSSR count). The molecule has 16 heavy (non-hydrogen) atoms. The fourth-order valence-electron chi connectivity index (χ4n) is 1.74. The van der Waals surface area contributed by atoms with E-state index in [9.17, 15) is 0 Å². The van der Waals surface area contributed by atoms with Crippen molar-refractivity contribution < 1.29 is 0 Å². The molecule has 90 valence electrons. The van der Waals surface area contributed by atoms with Gasteiger partial charge >= 0.3 is 0 Å². The Kier molecular flexibility index (Phi) is 6.04. The van der Waals surface area contributed by atoms with Gasteiger partial charge in [-0.2, -0.15) is 0 Å². The normalized spacial score (nSPS) is 11.3. The quantitative estimate of drug-likeness (QED) is 0.762. The first-order valence-corrected chi connectivity index (χ1v) is 6.07. The lowest BCUT2D eigenvalue weighted by molar-refractivity contribution is 0.223. The minimum Gasteiger partial charge on any atom is -0.330 e. The molecular weight excluding hydrogens is 198 g/mol. The maximum Gasteiger partial charge on any atom is 0.0300 e. The summed E-state index contributed by atoms with van der Waals surface area (Å²) in [7, 11) is 0. The molecule has 0 aliphatic heterocycles. The molecule has 3 heteroatoms. The van der Waals surface area contributed by atoms with Crippen LogP contribution in [0.15, 0.2) is 24.5 Å². The molecule has 0 aromatic carbocycles. The topological polar surface area (TPSA) is 42.1 Å². The van der Waals surface area contributed by atoms with Gasteiger partial charge in [0.1, 0.15) is 0 Å². The zero-order valence-electron chi connectivity index (χ0n) is 10.4. The van der Waals surface area contributed by atoms with Gasteiger partial charge in [0.15, 0.2) is 0 Å². The van der Waals surface area contributed by atoms with Crippen LogP contribution in [-0.4, -0.2) is 35.6 Å². The maximum atomic E-state index is 5.55. The van der Waals surface area contributed by atoms with Crippen LogP contribution in [0.4, 0.5) is 0 Å². The predicted molar refractivity (Wildman–Crippen MR) is 68.3 cm³/mol. The van der Waals surface area contributed by atoms with E-state index in [0.717, 1.165) is 32.5 Å². The minimum atomic E-state index is 0.586. The summed E-state index contributed by atoms with van der Waals surface area (Å²) in [5.74, 6) is 0. The fraction of sp³-hybridized carbons (Fsp3) is 0.615. The summed E-state index contributed by atoms with van der Waals surface area (Å²) in [4.78, 5) is 6.60. The maximum absolute atomic E-state index is 5.55. The van der Waals surface area contributed by atoms with Crippen molar-refractivity contribution >= 4 is 0 Å². The lowest BCUT2D eigenvalue weighted by Crippen LogP contribution is -2.34. The van der Waals surface area contributed by atoms with Crippen molar-refractivity contribution in [1.82, 2.24) is 9.88 Å². The number of nitrogens with two attached hydrogens (primary N) is 1. The summed E-state index contributed by atoms with van der Waals surface area (Å²) in [5, 5.41) is 0. The average Bonchev–Trinajstić information content (AvgIpc) is 2.30. The van der Waals surface area contributed by atoms with Crippen LogP contribution < -0.4 is 5.73 Å². The van der Waals surface area contributed by atoms with E-state index < -0.39 is 0 Å². The van der Waals surface area contributed by atoms with Gasteiger partial charge in [0.25, 0.3) is 0 Å². The second kappa shape index (κ2) is 7.36. The Bertz CT molecular complexity index is 272. The third kappa shape index (κ3) is 4.73. The summed E-state index contributed by atoms with van der Waals surface area (Å²) in [6.07, 6.45) is 5.90. The second-order valence-corrected chi connectivity index (χ2v) is 4.38. The minimum absolute atomic E-state index is 0.586. The monoisotopic (exact) mass is 221 g/mol. The summed E-state index contributed by atoms with van der Waals surface area (Å²) in [5.41, 5.74) is 6.85. The van der Waals surface area contributed by atoms with Crippen molar-refractivity contribution in [3.63, 3.8) is 0 Å². The first kappa shape index (κ1) is 13.1. The summed E-state index contributed by atoms with van der Waals surface area (Å²) >= 11 is 0. The van der Waals surface area contributed by atoms with Gasteiger partial charge in [-0.15, -0.1) is 0 Å². The molecule has 0 atom stereocenters. The highest BCUT2D eigenvalue weighted by Gasteiger charge is 2.08. The van der Waals surface area contributed by atoms with E-state index >= 15 is 0 Å². The molecule has 1 heterocycles. The molecule has 0 aliphatic rings. The van der Waals surface area contributed by atoms with Gasteiger partial charge in [0.2, 0.25) is 0 Å². The van der Waals surface area contributed by atoms with E-state index in [1.54, 1.807) is 0 Å². The van der Waals surface area contributed by atoms with Crippen LogP contribution in [0.2, 0.25) is 0 Å². The van der Waals surface area contributed by atoms with Crippen molar-refractivity contribution in [2.45, 2.75) is 32.7 Å².